The Morgan fingerprint density at radius 3 is 2.63 bits per heavy atom. The SMILES string of the molecule is CO[C@@]1(c2ccnc(C(N)=O)c2)[C@@H]2CCC[C@H]1CN([C@H]1CCCOC1)C2.Cl. The lowest BCUT2D eigenvalue weighted by Crippen LogP contribution is -2.61. The second kappa shape index (κ2) is 8.43. The Balaban J connectivity index is 0.00000210. The predicted octanol–water partition coefficient (Wildman–Crippen LogP) is 2.35. The number of carbonyl (C=O) groups is 1. The van der Waals surface area contributed by atoms with Crippen LogP contribution in [0.2, 0.25) is 0 Å². The highest BCUT2D eigenvalue weighted by Gasteiger charge is 2.54. The van der Waals surface area contributed by atoms with E-state index in [0.29, 0.717) is 23.6 Å². The molecule has 0 aromatic carbocycles. The molecule has 2 N–H and O–H groups in total. The lowest BCUT2D eigenvalue weighted by atomic mass is 9.62. The summed E-state index contributed by atoms with van der Waals surface area (Å²) in [4.78, 5) is 18.4. The third kappa shape index (κ3) is 3.60. The van der Waals surface area contributed by atoms with Crippen LogP contribution < -0.4 is 5.73 Å². The maximum atomic E-state index is 11.6. The molecule has 7 heteroatoms. The Labute approximate surface area is 167 Å². The third-order valence-electron chi connectivity index (χ3n) is 6.68. The van der Waals surface area contributed by atoms with Gasteiger partial charge in [0.15, 0.2) is 0 Å². The average molecular weight is 396 g/mol. The molecule has 2 bridgehead atoms. The smallest absolute Gasteiger partial charge is 0.267 e. The quantitative estimate of drug-likeness (QED) is 0.846. The second-order valence-corrected chi connectivity index (χ2v) is 7.94. The first-order valence-electron chi connectivity index (χ1n) is 9.78. The summed E-state index contributed by atoms with van der Waals surface area (Å²) in [5.41, 5.74) is 6.49. The van der Waals surface area contributed by atoms with Crippen LogP contribution in [0.25, 0.3) is 0 Å². The number of fused-ring (bicyclic) bond motifs is 2. The number of carbonyl (C=O) groups excluding carboxylic acids is 1. The number of primary amides is 1. The van der Waals surface area contributed by atoms with E-state index in [-0.39, 0.29) is 18.0 Å². The molecule has 2 aliphatic heterocycles. The Kier molecular flexibility index (Phi) is 6.41. The molecule has 1 saturated carbocycles. The van der Waals surface area contributed by atoms with Crippen LogP contribution in [-0.4, -0.2) is 55.2 Å². The normalized spacial score (nSPS) is 33.9. The molecule has 0 radical (unpaired) electrons. The van der Waals surface area contributed by atoms with E-state index in [4.69, 9.17) is 15.2 Å². The number of hydrogen-bond acceptors (Lipinski definition) is 5. The number of aromatic nitrogens is 1. The third-order valence-corrected chi connectivity index (χ3v) is 6.68. The molecule has 2 saturated heterocycles. The molecule has 1 aromatic heterocycles. The van der Waals surface area contributed by atoms with Crippen LogP contribution in [0.1, 0.15) is 48.2 Å². The topological polar surface area (TPSA) is 77.7 Å². The highest BCUT2D eigenvalue weighted by atomic mass is 35.5. The molecule has 1 aromatic rings. The largest absolute Gasteiger partial charge is 0.380 e. The van der Waals surface area contributed by atoms with Gasteiger partial charge in [-0.3, -0.25) is 14.7 Å². The maximum Gasteiger partial charge on any atom is 0.267 e. The lowest BCUT2D eigenvalue weighted by Gasteiger charge is -2.57. The van der Waals surface area contributed by atoms with Crippen LogP contribution in [0, 0.1) is 11.8 Å². The van der Waals surface area contributed by atoms with Crippen molar-refractivity contribution in [3.8, 4) is 0 Å². The molecule has 4 rings (SSSR count). The lowest BCUT2D eigenvalue weighted by molar-refractivity contribution is -0.179. The summed E-state index contributed by atoms with van der Waals surface area (Å²) in [6, 6.07) is 4.37. The first kappa shape index (κ1) is 20.5. The molecular formula is C20H30ClN3O3. The predicted molar refractivity (Wildman–Crippen MR) is 105 cm³/mol. The fourth-order valence-corrected chi connectivity index (χ4v) is 5.51. The summed E-state index contributed by atoms with van der Waals surface area (Å²) < 4.78 is 12.0. The monoisotopic (exact) mass is 395 g/mol. The summed E-state index contributed by atoms with van der Waals surface area (Å²) >= 11 is 0. The Bertz CT molecular complexity index is 652. The summed E-state index contributed by atoms with van der Waals surface area (Å²) in [5.74, 6) is 0.329. The molecule has 6 nitrogen and oxygen atoms in total. The number of likely N-dealkylation sites (tertiary alicyclic amines) is 1. The zero-order valence-corrected chi connectivity index (χ0v) is 16.7. The number of pyridine rings is 1. The van der Waals surface area contributed by atoms with Crippen molar-refractivity contribution in [2.45, 2.75) is 43.7 Å². The number of halogens is 1. The van der Waals surface area contributed by atoms with Crippen LogP contribution in [0.4, 0.5) is 0 Å². The van der Waals surface area contributed by atoms with Crippen LogP contribution >= 0.6 is 12.4 Å². The molecule has 1 amide bonds. The molecule has 4 atom stereocenters. The Morgan fingerprint density at radius 1 is 1.30 bits per heavy atom. The van der Waals surface area contributed by atoms with Gasteiger partial charge in [0.25, 0.3) is 5.91 Å². The first-order chi connectivity index (χ1) is 12.6. The molecule has 3 fully saturated rings. The molecule has 150 valence electrons. The molecule has 0 spiro atoms. The standard InChI is InChI=1S/C20H29N3O3.ClH/c1-25-20(14-7-8-22-18(10-14)19(21)24)15-4-2-5-16(20)12-23(11-15)17-6-3-9-26-13-17;/h7-8,10,15-17H,2-6,9,11-13H2,1H3,(H2,21,24);1H/t15-,16+,17-,20+;/m0./s1. The van der Waals surface area contributed by atoms with Gasteiger partial charge in [-0.2, -0.15) is 0 Å². The van der Waals surface area contributed by atoms with E-state index in [2.05, 4.69) is 9.88 Å². The fourth-order valence-electron chi connectivity index (χ4n) is 5.51. The molecule has 27 heavy (non-hydrogen) atoms. The van der Waals surface area contributed by atoms with Crippen molar-refractivity contribution in [2.24, 2.45) is 17.6 Å². The molecule has 0 unspecified atom stereocenters. The minimum absolute atomic E-state index is 0. The molecule has 1 aliphatic carbocycles. The Hall–Kier alpha value is -1.21. The van der Waals surface area contributed by atoms with Crippen LogP contribution in [0.3, 0.4) is 0 Å². The summed E-state index contributed by atoms with van der Waals surface area (Å²) in [6.45, 7) is 3.78. The molecular weight excluding hydrogens is 366 g/mol. The van der Waals surface area contributed by atoms with Crippen molar-refractivity contribution in [2.75, 3.05) is 33.4 Å². The minimum Gasteiger partial charge on any atom is -0.380 e. The number of hydrogen-bond donors (Lipinski definition) is 1. The fraction of sp³-hybridized carbons (Fsp3) is 0.700. The number of nitrogens with zero attached hydrogens (tertiary/aromatic N) is 2. The highest BCUT2D eigenvalue weighted by Crippen LogP contribution is 2.52. The Morgan fingerprint density at radius 2 is 2.04 bits per heavy atom. The van der Waals surface area contributed by atoms with Crippen molar-refractivity contribution in [3.05, 3.63) is 29.6 Å². The zero-order chi connectivity index (χ0) is 18.1. The molecule has 3 heterocycles. The number of amides is 1. The maximum absolute atomic E-state index is 11.6. The van der Waals surface area contributed by atoms with Crippen molar-refractivity contribution in [1.82, 2.24) is 9.88 Å². The second-order valence-electron chi connectivity index (χ2n) is 7.94. The van der Waals surface area contributed by atoms with Gasteiger partial charge in [-0.25, -0.2) is 0 Å². The summed E-state index contributed by atoms with van der Waals surface area (Å²) in [5, 5.41) is 0. The van der Waals surface area contributed by atoms with Crippen LogP contribution in [0.5, 0.6) is 0 Å². The van der Waals surface area contributed by atoms with Gasteiger partial charge in [-0.15, -0.1) is 12.4 Å². The van der Waals surface area contributed by atoms with E-state index in [1.165, 1.54) is 12.8 Å². The number of piperidine rings is 1. The van der Waals surface area contributed by atoms with Gasteiger partial charge in [0.2, 0.25) is 0 Å². The van der Waals surface area contributed by atoms with E-state index in [0.717, 1.165) is 51.1 Å². The summed E-state index contributed by atoms with van der Waals surface area (Å²) in [7, 11) is 1.81. The minimum atomic E-state index is -0.486. The van der Waals surface area contributed by atoms with Gasteiger partial charge in [-0.1, -0.05) is 6.42 Å². The number of methoxy groups -OCH3 is 1. The molecule has 3 aliphatic rings. The van der Waals surface area contributed by atoms with E-state index in [1.807, 2.05) is 19.2 Å². The van der Waals surface area contributed by atoms with Crippen LogP contribution in [0.15, 0.2) is 18.3 Å². The van der Waals surface area contributed by atoms with Crippen molar-refractivity contribution < 1.29 is 14.3 Å². The van der Waals surface area contributed by atoms with Gasteiger partial charge < -0.3 is 15.2 Å². The van der Waals surface area contributed by atoms with Gasteiger partial charge in [0.1, 0.15) is 11.3 Å². The van der Waals surface area contributed by atoms with E-state index in [1.54, 1.807) is 6.20 Å². The van der Waals surface area contributed by atoms with E-state index >= 15 is 0 Å². The first-order valence-corrected chi connectivity index (χ1v) is 9.78. The number of rotatable bonds is 4. The highest BCUT2D eigenvalue weighted by molar-refractivity contribution is 5.90. The van der Waals surface area contributed by atoms with Crippen LogP contribution in [-0.2, 0) is 15.1 Å². The van der Waals surface area contributed by atoms with Gasteiger partial charge >= 0.3 is 0 Å². The van der Waals surface area contributed by atoms with E-state index in [9.17, 15) is 4.79 Å². The van der Waals surface area contributed by atoms with Gasteiger partial charge in [0.05, 0.1) is 6.61 Å². The number of nitrogens with two attached hydrogens (primary N) is 1. The zero-order valence-electron chi connectivity index (χ0n) is 15.9. The van der Waals surface area contributed by atoms with E-state index < -0.39 is 5.91 Å². The number of ether oxygens (including phenoxy) is 2. The van der Waals surface area contributed by atoms with Gasteiger partial charge in [-0.05, 0) is 43.4 Å². The average Bonchev–Trinajstić information content (AvgIpc) is 2.67. The van der Waals surface area contributed by atoms with Crippen molar-refractivity contribution >= 4 is 18.3 Å². The van der Waals surface area contributed by atoms with Crippen molar-refractivity contribution in [3.63, 3.8) is 0 Å². The van der Waals surface area contributed by atoms with Gasteiger partial charge in [0, 0.05) is 50.9 Å². The van der Waals surface area contributed by atoms with Crippen molar-refractivity contribution in [1.29, 1.82) is 0 Å². The summed E-state index contributed by atoms with van der Waals surface area (Å²) in [6.07, 6.45) is 7.58.